The molecule has 0 spiro atoms. The second-order valence-corrected chi connectivity index (χ2v) is 4.12. The maximum atomic E-state index is 5.86. The number of hydrogen-bond donors (Lipinski definition) is 0. The highest BCUT2D eigenvalue weighted by Gasteiger charge is 2.24. The second kappa shape index (κ2) is 4.30. The van der Waals surface area contributed by atoms with Gasteiger partial charge in [0.2, 0.25) is 0 Å². The Morgan fingerprint density at radius 1 is 1.43 bits per heavy atom. The predicted octanol–water partition coefficient (Wildman–Crippen LogP) is 2.69. The summed E-state index contributed by atoms with van der Waals surface area (Å²) in [6, 6.07) is 0. The molecule has 0 N–H and O–H groups in total. The summed E-state index contributed by atoms with van der Waals surface area (Å²) in [6.45, 7) is 3.00. The van der Waals surface area contributed by atoms with Gasteiger partial charge >= 0.3 is 0 Å². The van der Waals surface area contributed by atoms with Gasteiger partial charge < -0.3 is 0 Å². The lowest BCUT2D eigenvalue weighted by atomic mass is 10.0. The number of nitrogens with zero attached hydrogens (tertiary/aromatic N) is 3. The topological polar surface area (TPSA) is 30.7 Å². The van der Waals surface area contributed by atoms with Crippen LogP contribution in [-0.4, -0.2) is 15.0 Å². The standard InChI is InChI=1S/C10H16ClN3/c1-2-14-10(8-5-3-4-6-8)9(7-11)12-13-14/h8H,2-7H2,1H3. The first-order valence-electron chi connectivity index (χ1n) is 5.35. The van der Waals surface area contributed by atoms with Crippen molar-refractivity contribution < 1.29 is 0 Å². The molecule has 0 saturated heterocycles. The lowest BCUT2D eigenvalue weighted by Crippen LogP contribution is -2.07. The molecule has 1 aromatic heterocycles. The molecule has 78 valence electrons. The Bertz CT molecular complexity index is 281. The molecule has 0 radical (unpaired) electrons. The van der Waals surface area contributed by atoms with E-state index in [4.69, 9.17) is 11.6 Å². The monoisotopic (exact) mass is 213 g/mol. The van der Waals surface area contributed by atoms with Gasteiger partial charge in [0, 0.05) is 12.5 Å². The lowest BCUT2D eigenvalue weighted by Gasteiger charge is -2.11. The molecule has 1 aliphatic rings. The van der Waals surface area contributed by atoms with Gasteiger partial charge in [0.15, 0.2) is 0 Å². The van der Waals surface area contributed by atoms with Crippen LogP contribution in [0.25, 0.3) is 0 Å². The van der Waals surface area contributed by atoms with Crippen LogP contribution in [-0.2, 0) is 12.4 Å². The van der Waals surface area contributed by atoms with Gasteiger partial charge in [-0.05, 0) is 19.8 Å². The minimum absolute atomic E-state index is 0.492. The summed E-state index contributed by atoms with van der Waals surface area (Å²) >= 11 is 5.86. The molecule has 0 aromatic carbocycles. The molecule has 1 aliphatic carbocycles. The normalized spacial score (nSPS) is 17.9. The van der Waals surface area contributed by atoms with Crippen molar-refractivity contribution in [2.24, 2.45) is 0 Å². The van der Waals surface area contributed by atoms with Gasteiger partial charge in [-0.25, -0.2) is 4.68 Å². The van der Waals surface area contributed by atoms with E-state index in [9.17, 15) is 0 Å². The fourth-order valence-corrected chi connectivity index (χ4v) is 2.52. The largest absolute Gasteiger partial charge is 0.249 e. The van der Waals surface area contributed by atoms with E-state index in [2.05, 4.69) is 17.2 Å². The summed E-state index contributed by atoms with van der Waals surface area (Å²) in [5.74, 6) is 1.14. The molecule has 0 atom stereocenters. The summed E-state index contributed by atoms with van der Waals surface area (Å²) < 4.78 is 2.01. The first-order valence-corrected chi connectivity index (χ1v) is 5.88. The first-order chi connectivity index (χ1) is 6.86. The van der Waals surface area contributed by atoms with Crippen molar-refractivity contribution in [2.75, 3.05) is 0 Å². The van der Waals surface area contributed by atoms with Crippen LogP contribution in [0.5, 0.6) is 0 Å². The Balaban J connectivity index is 2.31. The van der Waals surface area contributed by atoms with Crippen LogP contribution in [0.2, 0.25) is 0 Å². The average Bonchev–Trinajstić information content (AvgIpc) is 2.85. The molecular weight excluding hydrogens is 198 g/mol. The van der Waals surface area contributed by atoms with E-state index >= 15 is 0 Å². The van der Waals surface area contributed by atoms with Gasteiger partial charge in [-0.2, -0.15) is 0 Å². The Labute approximate surface area is 89.4 Å². The van der Waals surface area contributed by atoms with Crippen molar-refractivity contribution in [3.8, 4) is 0 Å². The number of aromatic nitrogens is 3. The lowest BCUT2D eigenvalue weighted by molar-refractivity contribution is 0.555. The third kappa shape index (κ3) is 1.65. The Morgan fingerprint density at radius 3 is 2.71 bits per heavy atom. The summed E-state index contributed by atoms with van der Waals surface area (Å²) in [4.78, 5) is 0. The highest BCUT2D eigenvalue weighted by atomic mass is 35.5. The van der Waals surface area contributed by atoms with Crippen LogP contribution in [0.1, 0.15) is 49.9 Å². The molecule has 1 fully saturated rings. The zero-order valence-electron chi connectivity index (χ0n) is 8.54. The van der Waals surface area contributed by atoms with Crippen molar-refractivity contribution in [1.82, 2.24) is 15.0 Å². The van der Waals surface area contributed by atoms with Gasteiger partial charge in [-0.3, -0.25) is 0 Å². The van der Waals surface area contributed by atoms with Gasteiger partial charge in [0.05, 0.1) is 11.6 Å². The fraction of sp³-hybridized carbons (Fsp3) is 0.800. The van der Waals surface area contributed by atoms with E-state index in [1.165, 1.54) is 31.4 Å². The van der Waals surface area contributed by atoms with E-state index in [1.807, 2.05) is 4.68 Å². The Morgan fingerprint density at radius 2 is 2.14 bits per heavy atom. The molecule has 0 aliphatic heterocycles. The zero-order valence-corrected chi connectivity index (χ0v) is 9.30. The van der Waals surface area contributed by atoms with Crippen LogP contribution < -0.4 is 0 Å². The molecule has 1 heterocycles. The smallest absolute Gasteiger partial charge is 0.101 e. The predicted molar refractivity (Wildman–Crippen MR) is 56.5 cm³/mol. The molecule has 14 heavy (non-hydrogen) atoms. The van der Waals surface area contributed by atoms with Gasteiger partial charge in [-0.1, -0.05) is 18.1 Å². The van der Waals surface area contributed by atoms with Crippen molar-refractivity contribution >= 4 is 11.6 Å². The van der Waals surface area contributed by atoms with Crippen molar-refractivity contribution in [3.05, 3.63) is 11.4 Å². The summed E-state index contributed by atoms with van der Waals surface area (Å²) in [7, 11) is 0. The van der Waals surface area contributed by atoms with Crippen molar-refractivity contribution in [3.63, 3.8) is 0 Å². The minimum atomic E-state index is 0.492. The van der Waals surface area contributed by atoms with Crippen molar-refractivity contribution in [2.45, 2.75) is 50.9 Å². The summed E-state index contributed by atoms with van der Waals surface area (Å²) in [6.07, 6.45) is 5.22. The SMILES string of the molecule is CCn1nnc(CCl)c1C1CCCC1. The Kier molecular flexibility index (Phi) is 3.06. The average molecular weight is 214 g/mol. The van der Waals surface area contributed by atoms with Crippen LogP contribution in [0, 0.1) is 0 Å². The molecule has 4 heteroatoms. The van der Waals surface area contributed by atoms with E-state index in [1.54, 1.807) is 0 Å². The third-order valence-corrected chi connectivity index (χ3v) is 3.27. The number of hydrogen-bond acceptors (Lipinski definition) is 2. The van der Waals surface area contributed by atoms with Crippen molar-refractivity contribution in [1.29, 1.82) is 0 Å². The maximum Gasteiger partial charge on any atom is 0.101 e. The van der Waals surface area contributed by atoms with E-state index in [0.717, 1.165) is 12.2 Å². The molecule has 2 rings (SSSR count). The summed E-state index contributed by atoms with van der Waals surface area (Å²) in [5.41, 5.74) is 2.28. The van der Waals surface area contributed by atoms with Crippen LogP contribution in [0.15, 0.2) is 0 Å². The van der Waals surface area contributed by atoms with Crippen LogP contribution >= 0.6 is 11.6 Å². The van der Waals surface area contributed by atoms with Gasteiger partial charge in [-0.15, -0.1) is 16.7 Å². The maximum absolute atomic E-state index is 5.86. The minimum Gasteiger partial charge on any atom is -0.249 e. The molecule has 1 aromatic rings. The van der Waals surface area contributed by atoms with Gasteiger partial charge in [0.25, 0.3) is 0 Å². The quantitative estimate of drug-likeness (QED) is 0.723. The molecular formula is C10H16ClN3. The van der Waals surface area contributed by atoms with E-state index in [-0.39, 0.29) is 0 Å². The number of rotatable bonds is 3. The fourth-order valence-electron chi connectivity index (χ4n) is 2.33. The van der Waals surface area contributed by atoms with Gasteiger partial charge in [0.1, 0.15) is 5.69 Å². The van der Waals surface area contributed by atoms with Crippen LogP contribution in [0.3, 0.4) is 0 Å². The number of halogens is 1. The molecule has 0 amide bonds. The van der Waals surface area contributed by atoms with E-state index < -0.39 is 0 Å². The molecule has 1 saturated carbocycles. The van der Waals surface area contributed by atoms with E-state index in [0.29, 0.717) is 11.8 Å². The number of alkyl halides is 1. The van der Waals surface area contributed by atoms with Crippen LogP contribution in [0.4, 0.5) is 0 Å². The summed E-state index contributed by atoms with van der Waals surface area (Å²) in [5, 5.41) is 8.26. The zero-order chi connectivity index (χ0) is 9.97. The Hall–Kier alpha value is -0.570. The number of aryl methyl sites for hydroxylation is 1. The molecule has 3 nitrogen and oxygen atoms in total. The molecule has 0 unspecified atom stereocenters. The highest BCUT2D eigenvalue weighted by Crippen LogP contribution is 2.35. The first kappa shape index (κ1) is 9.97. The second-order valence-electron chi connectivity index (χ2n) is 3.85. The highest BCUT2D eigenvalue weighted by molar-refractivity contribution is 6.16. The third-order valence-electron chi connectivity index (χ3n) is 3.02. The molecule has 0 bridgehead atoms.